The molecule has 1 unspecified atom stereocenters. The Morgan fingerprint density at radius 3 is 2.00 bits per heavy atom. The van der Waals surface area contributed by atoms with Crippen molar-refractivity contribution in [2.45, 2.75) is 146 Å². The van der Waals surface area contributed by atoms with Gasteiger partial charge in [0.15, 0.2) is 0 Å². The molecule has 0 heterocycles. The number of carboxylic acid groups (broad SMARTS) is 1. The van der Waals surface area contributed by atoms with Gasteiger partial charge in [-0.1, -0.05) is 101 Å². The molecule has 7 heteroatoms. The van der Waals surface area contributed by atoms with Gasteiger partial charge in [0.25, 0.3) is 0 Å². The third kappa shape index (κ3) is 6.27. The SMILES string of the molecule is CC[C@@H](CC(C)C)C(=O)O[C@@]1(C)C(C)(C)[C@@H](OC)C=C2C=C[C@H](C)[C@H](C(C)(C)C[C@@](C)(O)C(C)(C)[C@@](C)(OC)C(C)C(=O)[O-])[C@]21C. The van der Waals surface area contributed by atoms with Gasteiger partial charge in [0.05, 0.1) is 23.2 Å². The lowest BCUT2D eigenvalue weighted by Crippen LogP contribution is -2.69. The van der Waals surface area contributed by atoms with E-state index in [1.54, 1.807) is 27.9 Å². The largest absolute Gasteiger partial charge is 0.550 e. The van der Waals surface area contributed by atoms with Gasteiger partial charge in [0, 0.05) is 42.4 Å². The quantitative estimate of drug-likeness (QED) is 0.200. The maximum absolute atomic E-state index is 14.1. The second-order valence-electron chi connectivity index (χ2n) is 17.5. The smallest absolute Gasteiger partial charge is 0.309 e. The maximum Gasteiger partial charge on any atom is 0.309 e. The molecule has 266 valence electrons. The van der Waals surface area contributed by atoms with E-state index in [2.05, 4.69) is 80.5 Å². The van der Waals surface area contributed by atoms with Gasteiger partial charge in [-0.3, -0.25) is 4.79 Å². The Bertz CT molecular complexity index is 1180. The predicted molar refractivity (Wildman–Crippen MR) is 183 cm³/mol. The zero-order chi connectivity index (χ0) is 36.1. The van der Waals surface area contributed by atoms with E-state index in [-0.39, 0.29) is 29.8 Å². The van der Waals surface area contributed by atoms with Gasteiger partial charge in [-0.2, -0.15) is 0 Å². The maximum atomic E-state index is 14.1. The van der Waals surface area contributed by atoms with Gasteiger partial charge >= 0.3 is 5.97 Å². The van der Waals surface area contributed by atoms with Gasteiger partial charge in [0.1, 0.15) is 5.60 Å². The van der Waals surface area contributed by atoms with Crippen molar-refractivity contribution in [2.75, 3.05) is 14.2 Å². The summed E-state index contributed by atoms with van der Waals surface area (Å²) in [6.07, 6.45) is 8.08. The first kappa shape index (κ1) is 40.5. The highest BCUT2D eigenvalue weighted by molar-refractivity contribution is 5.73. The number of ether oxygens (including phenoxy) is 3. The van der Waals surface area contributed by atoms with Crippen LogP contribution < -0.4 is 5.11 Å². The van der Waals surface area contributed by atoms with Gasteiger partial charge in [-0.25, -0.2) is 0 Å². The molecule has 2 aliphatic carbocycles. The van der Waals surface area contributed by atoms with Gasteiger partial charge in [-0.15, -0.1) is 0 Å². The molecule has 0 amide bonds. The molecule has 0 aromatic rings. The molecule has 0 fully saturated rings. The molecule has 46 heavy (non-hydrogen) atoms. The number of esters is 1. The summed E-state index contributed by atoms with van der Waals surface area (Å²) in [5.74, 6) is -2.26. The molecule has 0 spiro atoms. The average Bonchev–Trinajstić information content (AvgIpc) is 2.92. The molecule has 7 nitrogen and oxygen atoms in total. The van der Waals surface area contributed by atoms with Crippen molar-refractivity contribution in [3.05, 3.63) is 23.8 Å². The van der Waals surface area contributed by atoms with Crippen LogP contribution in [0.15, 0.2) is 23.8 Å². The van der Waals surface area contributed by atoms with Crippen molar-refractivity contribution in [3.63, 3.8) is 0 Å². The third-order valence-electron chi connectivity index (χ3n) is 13.6. The average molecular weight is 648 g/mol. The van der Waals surface area contributed by atoms with Crippen molar-refractivity contribution < 1.29 is 34.0 Å². The third-order valence-corrected chi connectivity index (χ3v) is 13.6. The molecular formula is C39H67O7-. The number of carboxylic acids is 1. The number of fused-ring (bicyclic) bond motifs is 1. The van der Waals surface area contributed by atoms with Gasteiger partial charge < -0.3 is 29.2 Å². The van der Waals surface area contributed by atoms with E-state index in [0.29, 0.717) is 18.8 Å². The van der Waals surface area contributed by atoms with E-state index in [4.69, 9.17) is 14.2 Å². The van der Waals surface area contributed by atoms with Crippen LogP contribution in [0.4, 0.5) is 0 Å². The summed E-state index contributed by atoms with van der Waals surface area (Å²) >= 11 is 0. The minimum absolute atomic E-state index is 0.0672. The first-order valence-electron chi connectivity index (χ1n) is 17.3. The summed E-state index contributed by atoms with van der Waals surface area (Å²) in [4.78, 5) is 26.3. The first-order valence-corrected chi connectivity index (χ1v) is 17.3. The summed E-state index contributed by atoms with van der Waals surface area (Å²) < 4.78 is 18.9. The van der Waals surface area contributed by atoms with Crippen LogP contribution in [0.5, 0.6) is 0 Å². The van der Waals surface area contributed by atoms with Crippen LogP contribution in [0.25, 0.3) is 0 Å². The van der Waals surface area contributed by atoms with Crippen LogP contribution in [0.3, 0.4) is 0 Å². The van der Waals surface area contributed by atoms with Crippen LogP contribution >= 0.6 is 0 Å². The highest BCUT2D eigenvalue weighted by atomic mass is 16.6. The molecule has 0 aromatic carbocycles. The Morgan fingerprint density at radius 2 is 1.57 bits per heavy atom. The summed E-state index contributed by atoms with van der Waals surface area (Å²) in [7, 11) is 3.20. The van der Waals surface area contributed by atoms with Crippen LogP contribution in [0.2, 0.25) is 0 Å². The van der Waals surface area contributed by atoms with E-state index in [1.807, 2.05) is 20.8 Å². The van der Waals surface area contributed by atoms with E-state index in [9.17, 15) is 19.8 Å². The Morgan fingerprint density at radius 1 is 1.02 bits per heavy atom. The number of aliphatic carboxylic acids is 1. The minimum atomic E-state index is -1.37. The Labute approximate surface area is 280 Å². The second kappa shape index (κ2) is 13.3. The Hall–Kier alpha value is -1.70. The van der Waals surface area contributed by atoms with E-state index < -0.39 is 50.4 Å². The van der Waals surface area contributed by atoms with Crippen molar-refractivity contribution in [1.29, 1.82) is 0 Å². The van der Waals surface area contributed by atoms with Crippen LogP contribution in [-0.4, -0.2) is 54.2 Å². The standard InChI is InChI=1S/C39H68O7/c1-18-27(21-24(2)3)32(42)46-39(15)34(8,9)29(44-16)22-28-20-19-25(4)30(37(28,39)13)33(6,7)23-36(12,43)35(10,11)38(14,45-17)26(5)31(40)41/h19-20,22,24-27,29-30,43H,18,21,23H2,1-17H3,(H,40,41)/p-1/t25-,26?,27-,29-,30+,36+,37-,38-,39-/m0/s1. The van der Waals surface area contributed by atoms with Crippen LogP contribution in [-0.2, 0) is 23.8 Å². The molecule has 2 aliphatic rings. The van der Waals surface area contributed by atoms with E-state index in [0.717, 1.165) is 12.0 Å². The molecule has 0 aromatic heterocycles. The van der Waals surface area contributed by atoms with Crippen LogP contribution in [0.1, 0.15) is 123 Å². The monoisotopic (exact) mass is 647 g/mol. The predicted octanol–water partition coefficient (Wildman–Crippen LogP) is 7.15. The molecule has 1 N–H and O–H groups in total. The minimum Gasteiger partial charge on any atom is -0.550 e. The zero-order valence-electron chi connectivity index (χ0n) is 32.2. The molecule has 0 saturated carbocycles. The molecular weight excluding hydrogens is 580 g/mol. The van der Waals surface area contributed by atoms with E-state index in [1.165, 1.54) is 7.11 Å². The number of hydrogen-bond donors (Lipinski definition) is 1. The second-order valence-corrected chi connectivity index (χ2v) is 17.5. The fourth-order valence-corrected chi connectivity index (χ4v) is 9.69. The van der Waals surface area contributed by atoms with E-state index >= 15 is 0 Å². The van der Waals surface area contributed by atoms with Crippen LogP contribution in [0, 0.1) is 51.2 Å². The molecule has 0 radical (unpaired) electrons. The highest BCUT2D eigenvalue weighted by Crippen LogP contribution is 2.67. The molecule has 9 atom stereocenters. The Kier molecular flexibility index (Phi) is 11.7. The van der Waals surface area contributed by atoms with Gasteiger partial charge in [0.2, 0.25) is 0 Å². The number of carbonyl (C=O) groups is 2. The molecule has 0 bridgehead atoms. The first-order chi connectivity index (χ1) is 20.7. The summed E-state index contributed by atoms with van der Waals surface area (Å²) in [5, 5.41) is 24.6. The topological polar surface area (TPSA) is 105 Å². The van der Waals surface area contributed by atoms with Crippen molar-refractivity contribution in [3.8, 4) is 0 Å². The fraction of sp³-hybridized carbons (Fsp3) is 0.846. The number of allylic oxidation sites excluding steroid dienone is 2. The van der Waals surface area contributed by atoms with Gasteiger partial charge in [-0.05, 0) is 68.8 Å². The number of aliphatic hydroxyl groups is 1. The number of carbonyl (C=O) groups excluding carboxylic acids is 2. The van der Waals surface area contributed by atoms with Crippen molar-refractivity contribution >= 4 is 11.9 Å². The summed E-state index contributed by atoms with van der Waals surface area (Å²) in [5.41, 5.74) is -5.34. The normalized spacial score (nSPS) is 32.1. The molecule has 2 rings (SSSR count). The lowest BCUT2D eigenvalue weighted by molar-refractivity contribution is -0.323. The lowest BCUT2D eigenvalue weighted by Gasteiger charge is -2.66. The number of hydrogen-bond acceptors (Lipinski definition) is 7. The summed E-state index contributed by atoms with van der Waals surface area (Å²) in [6, 6.07) is 0. The Balaban J connectivity index is 2.82. The van der Waals surface area contributed by atoms with Crippen molar-refractivity contribution in [1.82, 2.24) is 0 Å². The highest BCUT2D eigenvalue weighted by Gasteiger charge is 2.69. The van der Waals surface area contributed by atoms with Crippen molar-refractivity contribution in [2.24, 2.45) is 51.2 Å². The molecule has 0 saturated heterocycles. The summed E-state index contributed by atoms with van der Waals surface area (Å²) in [6.45, 7) is 30.3. The number of rotatable bonds is 14. The number of methoxy groups -OCH3 is 2. The lowest BCUT2D eigenvalue weighted by atomic mass is 9.41. The molecule has 0 aliphatic heterocycles. The zero-order valence-corrected chi connectivity index (χ0v) is 32.2. The fourth-order valence-electron chi connectivity index (χ4n) is 9.69.